The summed E-state index contributed by atoms with van der Waals surface area (Å²) >= 11 is 3.28. The Kier molecular flexibility index (Phi) is 8.12. The van der Waals surface area contributed by atoms with Crippen LogP contribution < -0.4 is 5.32 Å². The lowest BCUT2D eigenvalue weighted by atomic mass is 10.2. The average molecular weight is 440 g/mol. The van der Waals surface area contributed by atoms with E-state index in [1.54, 1.807) is 24.3 Å². The average Bonchev–Trinajstić information content (AvgIpc) is 2.63. The van der Waals surface area contributed by atoms with Crippen molar-refractivity contribution in [3.63, 3.8) is 0 Å². The molecule has 140 valence electrons. The summed E-state index contributed by atoms with van der Waals surface area (Å²) in [4.78, 5) is 11.9. The summed E-state index contributed by atoms with van der Waals surface area (Å²) < 4.78 is 30.3. The number of unbranched alkanes of at least 4 members (excludes halogenated alkanes) is 2. The molecule has 0 atom stereocenters. The van der Waals surface area contributed by atoms with Gasteiger partial charge in [-0.3, -0.25) is 0 Å². The molecule has 0 radical (unpaired) electrons. The second kappa shape index (κ2) is 10.3. The number of carbonyl (C=O) groups excluding carboxylic acids is 1. The summed E-state index contributed by atoms with van der Waals surface area (Å²) in [6, 6.07) is 16.2. The van der Waals surface area contributed by atoms with Crippen molar-refractivity contribution in [2.75, 3.05) is 12.3 Å². The molecule has 0 saturated heterocycles. The highest BCUT2D eigenvalue weighted by molar-refractivity contribution is 9.10. The van der Waals surface area contributed by atoms with Gasteiger partial charge in [0, 0.05) is 11.0 Å². The van der Waals surface area contributed by atoms with Crippen molar-refractivity contribution < 1.29 is 17.9 Å². The molecule has 2 rings (SSSR count). The van der Waals surface area contributed by atoms with Crippen molar-refractivity contribution in [3.05, 3.63) is 64.6 Å². The van der Waals surface area contributed by atoms with E-state index >= 15 is 0 Å². The molecular formula is C19H22BrNO4S. The second-order valence-electron chi connectivity index (χ2n) is 5.83. The lowest BCUT2D eigenvalue weighted by molar-refractivity contribution is 0.139. The molecule has 0 aliphatic carbocycles. The van der Waals surface area contributed by atoms with E-state index in [0.717, 1.165) is 10.0 Å². The normalized spacial score (nSPS) is 11.1. The first-order chi connectivity index (χ1) is 12.5. The molecule has 0 aromatic heterocycles. The maximum absolute atomic E-state index is 12.2. The molecule has 2 aromatic carbocycles. The Balaban J connectivity index is 1.59. The molecule has 0 bridgehead atoms. The van der Waals surface area contributed by atoms with Gasteiger partial charge in [-0.2, -0.15) is 0 Å². The van der Waals surface area contributed by atoms with Crippen LogP contribution in [0, 0.1) is 0 Å². The van der Waals surface area contributed by atoms with Crippen LogP contribution in [0.1, 0.15) is 24.8 Å². The van der Waals surface area contributed by atoms with Gasteiger partial charge in [0.05, 0.1) is 10.6 Å². The van der Waals surface area contributed by atoms with Gasteiger partial charge in [0.15, 0.2) is 9.84 Å². The minimum Gasteiger partial charge on any atom is -0.445 e. The predicted molar refractivity (Wildman–Crippen MR) is 105 cm³/mol. The second-order valence-corrected chi connectivity index (χ2v) is 8.85. The summed E-state index contributed by atoms with van der Waals surface area (Å²) in [7, 11) is -3.27. The standard InChI is InChI=1S/C19H22BrNO4S/c20-17-10-7-11-18(14-17)26(23,24)13-6-2-5-12-21-19(22)25-15-16-8-3-1-4-9-16/h1,3-4,7-11,14H,2,5-6,12-13,15H2,(H,21,22). The third kappa shape index (κ3) is 7.17. The summed E-state index contributed by atoms with van der Waals surface area (Å²) in [5.74, 6) is 0.0991. The number of amides is 1. The van der Waals surface area contributed by atoms with Crippen LogP contribution in [0.4, 0.5) is 4.79 Å². The number of carbonyl (C=O) groups is 1. The van der Waals surface area contributed by atoms with E-state index in [1.807, 2.05) is 30.3 Å². The van der Waals surface area contributed by atoms with Gasteiger partial charge in [0.1, 0.15) is 6.61 Å². The first-order valence-electron chi connectivity index (χ1n) is 8.40. The van der Waals surface area contributed by atoms with Gasteiger partial charge in [-0.05, 0) is 36.6 Å². The van der Waals surface area contributed by atoms with Crippen LogP contribution in [0.5, 0.6) is 0 Å². The zero-order valence-corrected chi connectivity index (χ0v) is 16.8. The van der Waals surface area contributed by atoms with E-state index in [1.165, 1.54) is 0 Å². The number of benzene rings is 2. The van der Waals surface area contributed by atoms with Crippen molar-refractivity contribution >= 4 is 31.9 Å². The molecule has 5 nitrogen and oxygen atoms in total. The number of alkyl carbamates (subject to hydrolysis) is 1. The van der Waals surface area contributed by atoms with E-state index in [0.29, 0.717) is 30.7 Å². The zero-order chi connectivity index (χ0) is 18.8. The molecule has 1 amide bonds. The molecule has 0 saturated carbocycles. The van der Waals surface area contributed by atoms with Crippen LogP contribution in [0.2, 0.25) is 0 Å². The van der Waals surface area contributed by atoms with Gasteiger partial charge in [0.25, 0.3) is 0 Å². The fraction of sp³-hybridized carbons (Fsp3) is 0.316. The molecule has 1 N–H and O–H groups in total. The Bertz CT molecular complexity index is 809. The molecule has 0 heterocycles. The van der Waals surface area contributed by atoms with E-state index in [9.17, 15) is 13.2 Å². The van der Waals surface area contributed by atoms with Crippen molar-refractivity contribution in [1.29, 1.82) is 0 Å². The van der Waals surface area contributed by atoms with Crippen molar-refractivity contribution in [1.82, 2.24) is 5.32 Å². The first-order valence-corrected chi connectivity index (χ1v) is 10.8. The Morgan fingerprint density at radius 2 is 1.77 bits per heavy atom. The molecule has 0 aliphatic rings. The van der Waals surface area contributed by atoms with Crippen LogP contribution in [0.25, 0.3) is 0 Å². The smallest absolute Gasteiger partial charge is 0.407 e. The highest BCUT2D eigenvalue weighted by atomic mass is 79.9. The minimum atomic E-state index is -3.27. The molecule has 26 heavy (non-hydrogen) atoms. The van der Waals surface area contributed by atoms with Crippen molar-refractivity contribution in [2.24, 2.45) is 0 Å². The third-order valence-corrected chi connectivity index (χ3v) is 6.02. The number of sulfone groups is 1. The molecule has 0 unspecified atom stereocenters. The van der Waals surface area contributed by atoms with E-state index in [2.05, 4.69) is 21.2 Å². The number of hydrogen-bond acceptors (Lipinski definition) is 4. The monoisotopic (exact) mass is 439 g/mol. The minimum absolute atomic E-state index is 0.0991. The van der Waals surface area contributed by atoms with Gasteiger partial charge in [0.2, 0.25) is 0 Å². The summed E-state index contributed by atoms with van der Waals surface area (Å²) in [6.07, 6.45) is 1.51. The zero-order valence-electron chi connectivity index (χ0n) is 14.4. The SMILES string of the molecule is O=C(NCCCCCS(=O)(=O)c1cccc(Br)c1)OCc1ccccc1. The highest BCUT2D eigenvalue weighted by Crippen LogP contribution is 2.18. The summed E-state index contributed by atoms with van der Waals surface area (Å²) in [5.41, 5.74) is 0.931. The number of halogens is 1. The Morgan fingerprint density at radius 3 is 2.50 bits per heavy atom. The van der Waals surface area contributed by atoms with Gasteiger partial charge < -0.3 is 10.1 Å². The fourth-order valence-corrected chi connectivity index (χ4v) is 4.30. The Morgan fingerprint density at radius 1 is 1.00 bits per heavy atom. The van der Waals surface area contributed by atoms with Gasteiger partial charge in [-0.15, -0.1) is 0 Å². The largest absolute Gasteiger partial charge is 0.445 e. The molecule has 0 spiro atoms. The molecular weight excluding hydrogens is 418 g/mol. The molecule has 2 aromatic rings. The summed E-state index contributed by atoms with van der Waals surface area (Å²) in [5, 5.41) is 2.67. The summed E-state index contributed by atoms with van der Waals surface area (Å²) in [6.45, 7) is 0.697. The number of ether oxygens (including phenoxy) is 1. The molecule has 0 aliphatic heterocycles. The highest BCUT2D eigenvalue weighted by Gasteiger charge is 2.14. The van der Waals surface area contributed by atoms with Crippen LogP contribution >= 0.6 is 15.9 Å². The lowest BCUT2D eigenvalue weighted by Gasteiger charge is -2.07. The number of hydrogen-bond donors (Lipinski definition) is 1. The van der Waals surface area contributed by atoms with E-state index in [-0.39, 0.29) is 12.4 Å². The van der Waals surface area contributed by atoms with Crippen LogP contribution in [-0.4, -0.2) is 26.8 Å². The van der Waals surface area contributed by atoms with Crippen LogP contribution in [0.3, 0.4) is 0 Å². The van der Waals surface area contributed by atoms with Crippen LogP contribution in [-0.2, 0) is 21.2 Å². The van der Waals surface area contributed by atoms with Gasteiger partial charge in [-0.25, -0.2) is 13.2 Å². The number of nitrogens with one attached hydrogen (secondary N) is 1. The maximum atomic E-state index is 12.2. The Hall–Kier alpha value is -1.86. The molecule has 7 heteroatoms. The van der Waals surface area contributed by atoms with Crippen molar-refractivity contribution in [3.8, 4) is 0 Å². The Labute approximate surface area is 162 Å². The van der Waals surface area contributed by atoms with E-state index in [4.69, 9.17) is 4.74 Å². The van der Waals surface area contributed by atoms with Gasteiger partial charge >= 0.3 is 6.09 Å². The lowest BCUT2D eigenvalue weighted by Crippen LogP contribution is -2.25. The first kappa shape index (κ1) is 20.5. The third-order valence-electron chi connectivity index (χ3n) is 3.73. The topological polar surface area (TPSA) is 72.5 Å². The van der Waals surface area contributed by atoms with Crippen LogP contribution in [0.15, 0.2) is 64.0 Å². The fourth-order valence-electron chi connectivity index (χ4n) is 2.34. The predicted octanol–water partition coefficient (Wildman–Crippen LogP) is 4.32. The van der Waals surface area contributed by atoms with Gasteiger partial charge in [-0.1, -0.05) is 58.7 Å². The van der Waals surface area contributed by atoms with E-state index < -0.39 is 15.9 Å². The quantitative estimate of drug-likeness (QED) is 0.590. The number of rotatable bonds is 9. The molecule has 0 fully saturated rings. The maximum Gasteiger partial charge on any atom is 0.407 e. The van der Waals surface area contributed by atoms with Crippen molar-refractivity contribution in [2.45, 2.75) is 30.8 Å².